The van der Waals surface area contributed by atoms with Gasteiger partial charge in [-0.1, -0.05) is 233 Å². The maximum Gasteiger partial charge on any atom is 0.157 e. The molecule has 6 unspecified atom stereocenters. The van der Waals surface area contributed by atoms with Crippen LogP contribution in [-0.2, 0) is 23.7 Å². The van der Waals surface area contributed by atoms with E-state index >= 15 is 0 Å². The van der Waals surface area contributed by atoms with Crippen LogP contribution in [0, 0.1) is 107 Å². The Morgan fingerprint density at radius 2 is 0.500 bits per heavy atom. The van der Waals surface area contributed by atoms with Crippen LogP contribution in [0.2, 0.25) is 0 Å². The fraction of sp³-hybridized carbons (Fsp3) is 1.00. The zero-order valence-corrected chi connectivity index (χ0v) is 61.0. The Labute approximate surface area is 508 Å². The first-order valence-corrected chi connectivity index (χ1v) is 36.0. The van der Waals surface area contributed by atoms with E-state index < -0.39 is 0 Å². The van der Waals surface area contributed by atoms with Gasteiger partial charge < -0.3 is 23.7 Å². The Hall–Kier alpha value is -0.200. The molecule has 2 aliphatic carbocycles. The summed E-state index contributed by atoms with van der Waals surface area (Å²) in [7, 11) is 0. The van der Waals surface area contributed by atoms with E-state index in [-0.39, 0.29) is 6.29 Å². The van der Waals surface area contributed by atoms with Gasteiger partial charge in [-0.05, 0) is 172 Å². The molecule has 4 heterocycles. The Bertz CT molecular complexity index is 1030. The van der Waals surface area contributed by atoms with Crippen molar-refractivity contribution in [3.63, 3.8) is 0 Å². The highest BCUT2D eigenvalue weighted by Gasteiger charge is 2.47. The summed E-state index contributed by atoms with van der Waals surface area (Å²) < 4.78 is 29.2. The van der Waals surface area contributed by atoms with Gasteiger partial charge in [0.2, 0.25) is 0 Å². The summed E-state index contributed by atoms with van der Waals surface area (Å²) in [5, 5.41) is 0. The highest BCUT2D eigenvalue weighted by Crippen LogP contribution is 2.42. The minimum atomic E-state index is 0.0541. The largest absolute Gasteiger partial charge is 0.378 e. The van der Waals surface area contributed by atoms with Crippen LogP contribution in [0.3, 0.4) is 0 Å². The molecule has 6 atom stereocenters. The molecular formula is C75H158O5. The van der Waals surface area contributed by atoms with E-state index in [1.807, 2.05) is 69.2 Å². The molecule has 0 spiro atoms. The molecule has 0 aromatic carbocycles. The molecule has 4 aliphatic heterocycles. The van der Waals surface area contributed by atoms with E-state index in [9.17, 15) is 0 Å². The molecule has 0 aromatic rings. The lowest BCUT2D eigenvalue weighted by molar-refractivity contribution is -0.208. The Kier molecular flexibility index (Phi) is 58.4. The van der Waals surface area contributed by atoms with Crippen LogP contribution in [0.4, 0.5) is 0 Å². The quantitative estimate of drug-likeness (QED) is 0.122. The number of ether oxygens (including phenoxy) is 5. The molecule has 0 bridgehead atoms. The zero-order valence-electron chi connectivity index (χ0n) is 61.0. The van der Waals surface area contributed by atoms with Gasteiger partial charge in [0.1, 0.15) is 0 Å². The van der Waals surface area contributed by atoms with Crippen LogP contribution < -0.4 is 0 Å². The van der Waals surface area contributed by atoms with Gasteiger partial charge in [0, 0.05) is 30.8 Å². The second kappa shape index (κ2) is 54.2. The average molecular weight is 1140 g/mol. The molecule has 4 saturated heterocycles. The summed E-state index contributed by atoms with van der Waals surface area (Å²) >= 11 is 0. The maximum atomic E-state index is 5.98. The Morgan fingerprint density at radius 3 is 0.787 bits per heavy atom. The lowest BCUT2D eigenvalue weighted by Crippen LogP contribution is -2.33. The molecule has 5 heteroatoms. The predicted octanol–water partition coefficient (Wildman–Crippen LogP) is 24.2. The van der Waals surface area contributed by atoms with Crippen LogP contribution >= 0.6 is 0 Å². The molecule has 0 radical (unpaired) electrons. The van der Waals surface area contributed by atoms with Crippen molar-refractivity contribution >= 4 is 0 Å². The summed E-state index contributed by atoms with van der Waals surface area (Å²) in [6, 6.07) is 0. The molecule has 6 fully saturated rings. The van der Waals surface area contributed by atoms with E-state index in [0.29, 0.717) is 42.0 Å². The van der Waals surface area contributed by atoms with Gasteiger partial charge >= 0.3 is 0 Å². The van der Waals surface area contributed by atoms with Crippen molar-refractivity contribution in [1.29, 1.82) is 0 Å². The SMILES string of the molecule is CC.CC.CC.CC.CC.CC(C)CC1CC(CC(C)C)C1.CC(C)CC1CCC(CC(C)C)CC1.CC(C)CC1CCC(CC(C)C)OC1.CC(C)CC1COC(CC(C)C)OC1.CC(C)CC1COC2C(CC(C)C)COC12. The minimum Gasteiger partial charge on any atom is -0.378 e. The molecule has 2 saturated carbocycles. The molecule has 6 aliphatic rings. The number of fused-ring (bicyclic) bond motifs is 1. The first-order chi connectivity index (χ1) is 37.9. The summed E-state index contributed by atoms with van der Waals surface area (Å²) in [5.41, 5.74) is 0. The fourth-order valence-electron chi connectivity index (χ4n) is 13.2. The molecule has 0 N–H and O–H groups in total. The Morgan fingerprint density at radius 1 is 0.237 bits per heavy atom. The van der Waals surface area contributed by atoms with E-state index in [0.717, 1.165) is 122 Å². The van der Waals surface area contributed by atoms with Gasteiger partial charge in [0.15, 0.2) is 6.29 Å². The second-order valence-electron chi connectivity index (χ2n) is 28.9. The van der Waals surface area contributed by atoms with Gasteiger partial charge in [0.25, 0.3) is 0 Å². The number of rotatable bonds is 20. The van der Waals surface area contributed by atoms with Crippen LogP contribution in [0.1, 0.15) is 323 Å². The second-order valence-corrected chi connectivity index (χ2v) is 28.9. The van der Waals surface area contributed by atoms with Gasteiger partial charge in [-0.15, -0.1) is 0 Å². The van der Waals surface area contributed by atoms with Crippen molar-refractivity contribution < 1.29 is 23.7 Å². The van der Waals surface area contributed by atoms with Gasteiger partial charge in [-0.3, -0.25) is 0 Å². The lowest BCUT2D eigenvalue weighted by atomic mass is 9.69. The third-order valence-corrected chi connectivity index (χ3v) is 15.8. The van der Waals surface area contributed by atoms with E-state index in [2.05, 4.69) is 138 Å². The maximum absolute atomic E-state index is 5.98. The van der Waals surface area contributed by atoms with Gasteiger partial charge in [-0.2, -0.15) is 0 Å². The van der Waals surface area contributed by atoms with E-state index in [4.69, 9.17) is 23.7 Å². The molecule has 0 aromatic heterocycles. The fourth-order valence-corrected chi connectivity index (χ4v) is 13.2. The van der Waals surface area contributed by atoms with Crippen molar-refractivity contribution in [2.75, 3.05) is 33.0 Å². The summed E-state index contributed by atoms with van der Waals surface area (Å²) in [6.45, 7) is 70.7. The van der Waals surface area contributed by atoms with Crippen LogP contribution in [0.15, 0.2) is 0 Å². The predicted molar refractivity (Wildman–Crippen MR) is 361 cm³/mol. The zero-order chi connectivity index (χ0) is 62.5. The summed E-state index contributed by atoms with van der Waals surface area (Å²) in [6.07, 6.45) is 26.3. The lowest BCUT2D eigenvalue weighted by Gasteiger charge is -2.37. The van der Waals surface area contributed by atoms with Crippen molar-refractivity contribution in [3.8, 4) is 0 Å². The highest BCUT2D eigenvalue weighted by molar-refractivity contribution is 4.94. The monoisotopic (exact) mass is 1140 g/mol. The van der Waals surface area contributed by atoms with Crippen LogP contribution in [0.5, 0.6) is 0 Å². The molecule has 6 rings (SSSR count). The third-order valence-electron chi connectivity index (χ3n) is 15.8. The van der Waals surface area contributed by atoms with Crippen molar-refractivity contribution in [1.82, 2.24) is 0 Å². The van der Waals surface area contributed by atoms with Gasteiger partial charge in [0.05, 0.1) is 44.7 Å². The van der Waals surface area contributed by atoms with Crippen molar-refractivity contribution in [3.05, 3.63) is 0 Å². The average Bonchev–Trinajstić information content (AvgIpc) is 3.97. The van der Waals surface area contributed by atoms with Gasteiger partial charge in [-0.25, -0.2) is 0 Å². The molecular weight excluding hydrogens is 981 g/mol. The van der Waals surface area contributed by atoms with E-state index in [1.54, 1.807) is 0 Å². The smallest absolute Gasteiger partial charge is 0.157 e. The van der Waals surface area contributed by atoms with Crippen LogP contribution in [-0.4, -0.2) is 57.6 Å². The number of hydrogen-bond acceptors (Lipinski definition) is 5. The number of hydrogen-bond donors (Lipinski definition) is 0. The van der Waals surface area contributed by atoms with E-state index in [1.165, 1.54) is 109 Å². The third kappa shape index (κ3) is 46.1. The first kappa shape index (κ1) is 86.2. The Balaban J connectivity index is -0.000000434. The minimum absolute atomic E-state index is 0.0541. The molecule has 488 valence electrons. The normalized spacial score (nSPS) is 27.6. The van der Waals surface area contributed by atoms with Crippen molar-refractivity contribution in [2.24, 2.45) is 107 Å². The molecule has 0 amide bonds. The van der Waals surface area contributed by atoms with Crippen molar-refractivity contribution in [2.45, 2.75) is 348 Å². The molecule has 80 heavy (non-hydrogen) atoms. The van der Waals surface area contributed by atoms with Crippen LogP contribution in [0.25, 0.3) is 0 Å². The topological polar surface area (TPSA) is 46.2 Å². The standard InChI is InChI=1S/C14H26O2.C14H28.C13H26O.C12H24O2.C12H24.5C2H6/c1-9(2)5-11-7-15-14-12(6-10(3)4)8-16-13(11)14;1-11(2)9-13-5-7-14(8-6-13)10-12(3)4;1-10(2)7-12-5-6-13(14-9-12)8-11(3)4;1-9(2)5-11-7-13-12(14-8-11)6-10(3)4;1-9(2)5-11-7-12(8-11)6-10(3)4;5*1-2/h9-14H,5-8H2,1-4H3;11-14H,5-10H2,1-4H3;10-13H,5-9H2,1-4H3;9-12H,5-8H2,1-4H3;9-12H,5-8H2,1-4H3;5*1-2H3. The molecule has 5 nitrogen and oxygen atoms in total. The highest BCUT2D eigenvalue weighted by atomic mass is 16.7. The summed E-state index contributed by atoms with van der Waals surface area (Å²) in [5.74, 6) is 15.1. The summed E-state index contributed by atoms with van der Waals surface area (Å²) in [4.78, 5) is 0. The first-order valence-electron chi connectivity index (χ1n) is 36.0.